The second-order valence-corrected chi connectivity index (χ2v) is 15.1. The predicted octanol–water partition coefficient (Wildman–Crippen LogP) is 5.45. The van der Waals surface area contributed by atoms with E-state index in [0.29, 0.717) is 34.9 Å². The summed E-state index contributed by atoms with van der Waals surface area (Å²) in [5.74, 6) is -0.358. The molecule has 3 aromatic carbocycles. The van der Waals surface area contributed by atoms with Crippen LogP contribution in [-0.2, 0) is 26.5 Å². The Labute approximate surface area is 234 Å². The Hall–Kier alpha value is -3.53. The summed E-state index contributed by atoms with van der Waals surface area (Å²) in [6.07, 6.45) is -0.359. The summed E-state index contributed by atoms with van der Waals surface area (Å²) in [5, 5.41) is 9.83. The molecule has 6 rings (SSSR count). The van der Waals surface area contributed by atoms with Crippen LogP contribution in [0.15, 0.2) is 72.8 Å². The lowest BCUT2D eigenvalue weighted by molar-refractivity contribution is -0.146. The number of amides is 2. The first kappa shape index (κ1) is 26.7. The van der Waals surface area contributed by atoms with Gasteiger partial charge in [0.05, 0.1) is 24.0 Å². The molecule has 1 spiro atoms. The Morgan fingerprint density at radius 1 is 1.02 bits per heavy atom. The average Bonchev–Trinajstić information content (AvgIpc) is 3.36. The summed E-state index contributed by atoms with van der Waals surface area (Å²) < 4.78 is 28.2. The molecule has 1 fully saturated rings. The minimum absolute atomic E-state index is 0.104. The number of halogens is 1. The Balaban J connectivity index is 1.52. The molecule has 1 N–H and O–H groups in total. The molecule has 9 heteroatoms. The summed E-state index contributed by atoms with van der Waals surface area (Å²) in [6.45, 7) is 5.24. The zero-order valence-electron chi connectivity index (χ0n) is 22.8. The first-order valence-corrected chi connectivity index (χ1v) is 16.6. The Morgan fingerprint density at radius 3 is 2.48 bits per heavy atom. The fourth-order valence-electron chi connectivity index (χ4n) is 6.88. The van der Waals surface area contributed by atoms with Gasteiger partial charge in [-0.25, -0.2) is 0 Å². The van der Waals surface area contributed by atoms with Crippen molar-refractivity contribution in [2.24, 2.45) is 5.92 Å². The Kier molecular flexibility index (Phi) is 6.56. The van der Waals surface area contributed by atoms with E-state index in [1.807, 2.05) is 79.7 Å². The number of aliphatic hydroxyl groups is 1. The Bertz CT molecular complexity index is 1460. The summed E-state index contributed by atoms with van der Waals surface area (Å²) in [5.41, 5.74) is 1.53. The molecule has 0 aromatic heterocycles. The summed E-state index contributed by atoms with van der Waals surface area (Å²) in [4.78, 5) is 31.0. The van der Waals surface area contributed by atoms with Crippen LogP contribution in [0.3, 0.4) is 0 Å². The van der Waals surface area contributed by atoms with Gasteiger partial charge in [0.2, 0.25) is 8.41 Å². The van der Waals surface area contributed by atoms with Crippen molar-refractivity contribution in [3.8, 4) is 5.75 Å². The number of carbonyl (C=O) groups excluding carboxylic acids is 2. The number of fused-ring (bicyclic) bond motifs is 3. The van der Waals surface area contributed by atoms with Crippen LogP contribution in [0.25, 0.3) is 0 Å². The fourth-order valence-corrected chi connectivity index (χ4v) is 9.42. The number of nitrogens with zero attached hydrogens (tertiary/aromatic N) is 2. The number of hydrogen-bond donors (Lipinski definition) is 1. The van der Waals surface area contributed by atoms with Crippen LogP contribution in [0.5, 0.6) is 5.75 Å². The summed E-state index contributed by atoms with van der Waals surface area (Å²) in [7, 11) is -3.32. The molecule has 3 heterocycles. The van der Waals surface area contributed by atoms with E-state index < -0.39 is 31.6 Å². The van der Waals surface area contributed by atoms with Crippen molar-refractivity contribution in [2.75, 3.05) is 23.0 Å². The zero-order valence-corrected chi connectivity index (χ0v) is 23.8. The van der Waals surface area contributed by atoms with E-state index in [9.17, 15) is 14.7 Å². The van der Waals surface area contributed by atoms with Gasteiger partial charge in [0.25, 0.3) is 11.8 Å². The molecule has 40 heavy (non-hydrogen) atoms. The van der Waals surface area contributed by atoms with Crippen LogP contribution in [0.2, 0.25) is 18.6 Å². The third kappa shape index (κ3) is 4.06. The van der Waals surface area contributed by atoms with E-state index in [-0.39, 0.29) is 31.4 Å². The number of hydrogen-bond acceptors (Lipinski definition) is 5. The number of ether oxygens (including phenoxy) is 2. The summed E-state index contributed by atoms with van der Waals surface area (Å²) in [6, 6.07) is 22.6. The maximum atomic E-state index is 15.9. The maximum Gasteiger partial charge on any atom is 0.269 e. The molecule has 0 bridgehead atoms. The van der Waals surface area contributed by atoms with Crippen LogP contribution in [-0.4, -0.2) is 44.6 Å². The van der Waals surface area contributed by atoms with Crippen LogP contribution in [0.1, 0.15) is 24.5 Å². The lowest BCUT2D eigenvalue weighted by atomic mass is 9.82. The highest BCUT2D eigenvalue weighted by atomic mass is 28.4. The van der Waals surface area contributed by atoms with Gasteiger partial charge in [0.15, 0.2) is 12.2 Å². The highest BCUT2D eigenvalue weighted by molar-refractivity contribution is 6.72. The van der Waals surface area contributed by atoms with Crippen LogP contribution >= 0.6 is 0 Å². The molecule has 7 nitrogen and oxygen atoms in total. The van der Waals surface area contributed by atoms with Crippen molar-refractivity contribution in [1.29, 1.82) is 0 Å². The van der Waals surface area contributed by atoms with E-state index in [1.165, 1.54) is 0 Å². The molecule has 0 radical (unpaired) electrons. The minimum atomic E-state index is -3.32. The summed E-state index contributed by atoms with van der Waals surface area (Å²) >= 11 is 0. The van der Waals surface area contributed by atoms with Gasteiger partial charge in [-0.2, -0.15) is 0 Å². The smallest absolute Gasteiger partial charge is 0.269 e. The van der Waals surface area contributed by atoms with Crippen molar-refractivity contribution < 1.29 is 28.3 Å². The number of carbonyl (C=O) groups is 2. The molecule has 1 saturated heterocycles. The fraction of sp³-hybridized carbons (Fsp3) is 0.355. The van der Waals surface area contributed by atoms with Gasteiger partial charge in [0.1, 0.15) is 5.75 Å². The molecule has 0 unspecified atom stereocenters. The lowest BCUT2D eigenvalue weighted by Crippen LogP contribution is -2.45. The molecular formula is C31H33FN2O5Si. The normalized spacial score (nSPS) is 25.8. The Morgan fingerprint density at radius 2 is 1.75 bits per heavy atom. The van der Waals surface area contributed by atoms with Crippen molar-refractivity contribution in [1.82, 2.24) is 0 Å². The minimum Gasteiger partial charge on any atom is -0.482 e. The molecule has 3 aromatic rings. The predicted molar refractivity (Wildman–Crippen MR) is 153 cm³/mol. The third-order valence-corrected chi connectivity index (χ3v) is 11.0. The number of aliphatic hydroxyl groups excluding tert-OH is 1. The molecule has 0 aliphatic carbocycles. The van der Waals surface area contributed by atoms with E-state index in [4.69, 9.17) is 9.47 Å². The van der Waals surface area contributed by atoms with Crippen molar-refractivity contribution in [3.05, 3.63) is 83.9 Å². The highest BCUT2D eigenvalue weighted by Gasteiger charge is 2.66. The molecule has 2 amide bonds. The van der Waals surface area contributed by atoms with Gasteiger partial charge in [-0.3, -0.25) is 14.5 Å². The quantitative estimate of drug-likeness (QED) is 0.321. The highest BCUT2D eigenvalue weighted by Crippen LogP contribution is 2.61. The average molecular weight is 561 g/mol. The van der Waals surface area contributed by atoms with Crippen LogP contribution in [0.4, 0.5) is 21.2 Å². The molecule has 0 saturated carbocycles. The topological polar surface area (TPSA) is 79.3 Å². The van der Waals surface area contributed by atoms with E-state index in [0.717, 1.165) is 5.56 Å². The number of rotatable bonds is 6. The molecule has 4 atom stereocenters. The molecule has 3 aliphatic rings. The van der Waals surface area contributed by atoms with Gasteiger partial charge in [-0.1, -0.05) is 49.4 Å². The van der Waals surface area contributed by atoms with Crippen molar-refractivity contribution in [3.63, 3.8) is 0 Å². The van der Waals surface area contributed by atoms with Gasteiger partial charge < -0.3 is 23.6 Å². The molecule has 208 valence electrons. The molecular weight excluding hydrogens is 527 g/mol. The molecule has 3 aliphatic heterocycles. The monoisotopic (exact) mass is 560 g/mol. The first-order chi connectivity index (χ1) is 19.2. The van der Waals surface area contributed by atoms with Crippen molar-refractivity contribution >= 4 is 37.3 Å². The van der Waals surface area contributed by atoms with Gasteiger partial charge in [-0.05, 0) is 55.4 Å². The first-order valence-electron chi connectivity index (χ1n) is 13.7. The SMILES string of the molecule is C[C@H]1[C@H]([Si](C)(C)F)[C@@H](CCO)O[C@]12C(=O)N(Cc1ccccc1)c1ccc(N3C(=O)COc4ccccc43)cc12. The number of anilines is 3. The van der Waals surface area contributed by atoms with Crippen LogP contribution < -0.4 is 14.5 Å². The van der Waals surface area contributed by atoms with Crippen molar-refractivity contribution in [2.45, 2.75) is 50.2 Å². The second kappa shape index (κ2) is 9.83. The standard InChI is InChI=1S/C31H33FN2O5Si/c1-20-29(40(2,3)32)27(15-16-35)39-31(20)23-17-22(34-25-11-7-8-12-26(25)38-19-28(34)36)13-14-24(23)33(30(31)37)18-21-9-5-4-6-10-21/h4-14,17,20,27,29,35H,15-16,18-19H2,1-3H3/t20-,27+,29-,31+/m0/s1. The number of benzene rings is 3. The van der Waals surface area contributed by atoms with E-state index >= 15 is 4.11 Å². The van der Waals surface area contributed by atoms with Gasteiger partial charge in [0, 0.05) is 29.3 Å². The van der Waals surface area contributed by atoms with Crippen LogP contribution in [0, 0.1) is 5.92 Å². The lowest BCUT2D eigenvalue weighted by Gasteiger charge is -2.32. The van der Waals surface area contributed by atoms with Gasteiger partial charge in [-0.15, -0.1) is 0 Å². The largest absolute Gasteiger partial charge is 0.482 e. The van der Waals surface area contributed by atoms with E-state index in [2.05, 4.69) is 0 Å². The van der Waals surface area contributed by atoms with E-state index in [1.54, 1.807) is 22.9 Å². The maximum absolute atomic E-state index is 15.9. The van der Waals surface area contributed by atoms with Gasteiger partial charge >= 0.3 is 0 Å². The third-order valence-electron chi connectivity index (χ3n) is 8.51. The number of para-hydroxylation sites is 2. The second-order valence-electron chi connectivity index (χ2n) is 11.3. The zero-order chi connectivity index (χ0) is 28.2.